The first-order chi connectivity index (χ1) is 15.1. The van der Waals surface area contributed by atoms with Crippen LogP contribution >= 0.6 is 11.6 Å². The third kappa shape index (κ3) is 5.28. The van der Waals surface area contributed by atoms with Gasteiger partial charge >= 0.3 is 5.69 Å². The van der Waals surface area contributed by atoms with Gasteiger partial charge in [0.25, 0.3) is 0 Å². The summed E-state index contributed by atoms with van der Waals surface area (Å²) in [5, 5.41) is 15.6. The van der Waals surface area contributed by atoms with Crippen molar-refractivity contribution >= 4 is 28.9 Å². The van der Waals surface area contributed by atoms with E-state index in [2.05, 4.69) is 32.3 Å². The van der Waals surface area contributed by atoms with Gasteiger partial charge in [-0.25, -0.2) is 9.97 Å². The normalized spacial score (nSPS) is 14.4. The van der Waals surface area contributed by atoms with Crippen LogP contribution in [0.25, 0.3) is 0 Å². The second-order valence-electron chi connectivity index (χ2n) is 7.38. The molecule has 0 aliphatic carbocycles. The van der Waals surface area contributed by atoms with Crippen LogP contribution in [0.1, 0.15) is 11.1 Å². The van der Waals surface area contributed by atoms with E-state index >= 15 is 0 Å². The zero-order chi connectivity index (χ0) is 21.6. The zero-order valence-corrected chi connectivity index (χ0v) is 17.7. The Morgan fingerprint density at radius 2 is 1.68 bits per heavy atom. The van der Waals surface area contributed by atoms with Gasteiger partial charge in [0.1, 0.15) is 6.33 Å². The minimum Gasteiger partial charge on any atom is -0.360 e. The lowest BCUT2D eigenvalue weighted by Crippen LogP contribution is -2.46. The van der Waals surface area contributed by atoms with Crippen LogP contribution in [0.15, 0.2) is 60.9 Å². The third-order valence-electron chi connectivity index (χ3n) is 5.28. The highest BCUT2D eigenvalue weighted by atomic mass is 35.5. The molecule has 2 heterocycles. The van der Waals surface area contributed by atoms with E-state index in [4.69, 9.17) is 11.6 Å². The van der Waals surface area contributed by atoms with Crippen LogP contribution in [-0.2, 0) is 13.1 Å². The van der Waals surface area contributed by atoms with Crippen molar-refractivity contribution in [3.8, 4) is 0 Å². The van der Waals surface area contributed by atoms with E-state index in [1.54, 1.807) is 12.1 Å². The number of aromatic nitrogens is 2. The number of nitrogens with zero attached hydrogens (tertiary/aromatic N) is 5. The number of benzene rings is 2. The van der Waals surface area contributed by atoms with E-state index in [9.17, 15) is 10.1 Å². The standard InChI is InChI=1S/C22H23ClN6O2/c23-19-8-6-17(7-9-19)14-24-21-20(29(30)31)22(26-16-25-21)28-12-10-27(11-13-28)15-18-4-2-1-3-5-18/h1-9,16H,10-15H2,(H,24,25,26). The SMILES string of the molecule is O=[N+]([O-])c1c(NCc2ccc(Cl)cc2)ncnc1N1CCN(Cc2ccccc2)CC1. The maximum absolute atomic E-state index is 11.9. The van der Waals surface area contributed by atoms with Crippen molar-refractivity contribution < 1.29 is 4.92 Å². The van der Waals surface area contributed by atoms with Gasteiger partial charge in [0.2, 0.25) is 11.6 Å². The summed E-state index contributed by atoms with van der Waals surface area (Å²) >= 11 is 5.92. The Morgan fingerprint density at radius 3 is 2.35 bits per heavy atom. The van der Waals surface area contributed by atoms with Gasteiger partial charge in [-0.3, -0.25) is 15.0 Å². The Bertz CT molecular complexity index is 1020. The fourth-order valence-corrected chi connectivity index (χ4v) is 3.77. The van der Waals surface area contributed by atoms with Crippen LogP contribution in [0, 0.1) is 10.1 Å². The minimum atomic E-state index is -0.407. The van der Waals surface area contributed by atoms with E-state index in [0.717, 1.165) is 25.2 Å². The number of halogens is 1. The Balaban J connectivity index is 1.45. The molecule has 1 aliphatic rings. The predicted octanol–water partition coefficient (Wildman–Crippen LogP) is 3.97. The van der Waals surface area contributed by atoms with E-state index in [0.29, 0.717) is 30.5 Å². The average molecular weight is 439 g/mol. The monoisotopic (exact) mass is 438 g/mol. The number of anilines is 2. The second kappa shape index (κ2) is 9.72. The molecule has 1 fully saturated rings. The highest BCUT2D eigenvalue weighted by Gasteiger charge is 2.29. The Hall–Kier alpha value is -3.23. The van der Waals surface area contributed by atoms with Gasteiger partial charge in [0, 0.05) is 44.3 Å². The first-order valence-corrected chi connectivity index (χ1v) is 10.5. The van der Waals surface area contributed by atoms with Crippen LogP contribution in [0.2, 0.25) is 5.02 Å². The Kier molecular flexibility index (Phi) is 6.59. The topological polar surface area (TPSA) is 87.4 Å². The van der Waals surface area contributed by atoms with E-state index < -0.39 is 4.92 Å². The van der Waals surface area contributed by atoms with Crippen LogP contribution in [0.3, 0.4) is 0 Å². The van der Waals surface area contributed by atoms with Gasteiger partial charge in [-0.2, -0.15) is 0 Å². The van der Waals surface area contributed by atoms with Crippen molar-refractivity contribution in [1.82, 2.24) is 14.9 Å². The van der Waals surface area contributed by atoms with Gasteiger partial charge in [-0.05, 0) is 23.3 Å². The van der Waals surface area contributed by atoms with E-state index in [-0.39, 0.29) is 11.5 Å². The quantitative estimate of drug-likeness (QED) is 0.441. The molecule has 0 spiro atoms. The van der Waals surface area contributed by atoms with Crippen molar-refractivity contribution in [2.24, 2.45) is 0 Å². The average Bonchev–Trinajstić information content (AvgIpc) is 2.79. The largest absolute Gasteiger partial charge is 0.360 e. The minimum absolute atomic E-state index is 0.0898. The number of piperazine rings is 1. The molecule has 3 aromatic rings. The smallest absolute Gasteiger partial charge is 0.353 e. The molecular formula is C22H23ClN6O2. The molecule has 0 bridgehead atoms. The summed E-state index contributed by atoms with van der Waals surface area (Å²) < 4.78 is 0. The molecule has 2 aromatic carbocycles. The summed E-state index contributed by atoms with van der Waals surface area (Å²) in [6, 6.07) is 17.6. The number of hydrogen-bond acceptors (Lipinski definition) is 7. The molecule has 9 heteroatoms. The van der Waals surface area contributed by atoms with Gasteiger partial charge in [0.15, 0.2) is 0 Å². The number of nitrogens with one attached hydrogen (secondary N) is 1. The Morgan fingerprint density at radius 1 is 0.968 bits per heavy atom. The fraction of sp³-hybridized carbons (Fsp3) is 0.273. The van der Waals surface area contributed by atoms with Crippen LogP contribution in [-0.4, -0.2) is 46.0 Å². The van der Waals surface area contributed by atoms with Crippen molar-refractivity contribution in [1.29, 1.82) is 0 Å². The van der Waals surface area contributed by atoms with E-state index in [1.165, 1.54) is 11.9 Å². The lowest BCUT2D eigenvalue weighted by atomic mass is 10.2. The van der Waals surface area contributed by atoms with Crippen molar-refractivity contribution in [3.63, 3.8) is 0 Å². The summed E-state index contributed by atoms with van der Waals surface area (Å²) in [6.07, 6.45) is 1.38. The molecule has 0 radical (unpaired) electrons. The summed E-state index contributed by atoms with van der Waals surface area (Å²) in [5.74, 6) is 0.578. The van der Waals surface area contributed by atoms with Crippen LogP contribution in [0.4, 0.5) is 17.3 Å². The molecule has 160 valence electrons. The Labute approximate surface area is 185 Å². The first-order valence-electron chi connectivity index (χ1n) is 10.1. The molecule has 0 atom stereocenters. The molecule has 0 amide bonds. The van der Waals surface area contributed by atoms with Crippen LogP contribution < -0.4 is 10.2 Å². The van der Waals surface area contributed by atoms with Gasteiger partial charge in [-0.1, -0.05) is 54.1 Å². The predicted molar refractivity (Wildman–Crippen MR) is 121 cm³/mol. The molecule has 8 nitrogen and oxygen atoms in total. The first kappa shape index (κ1) is 21.0. The molecule has 1 N–H and O–H groups in total. The summed E-state index contributed by atoms with van der Waals surface area (Å²) in [5.41, 5.74) is 2.12. The fourth-order valence-electron chi connectivity index (χ4n) is 3.65. The van der Waals surface area contributed by atoms with E-state index in [1.807, 2.05) is 35.2 Å². The molecule has 4 rings (SSSR count). The maximum atomic E-state index is 11.9. The number of rotatable bonds is 7. The lowest BCUT2D eigenvalue weighted by molar-refractivity contribution is -0.383. The second-order valence-corrected chi connectivity index (χ2v) is 7.82. The molecule has 1 aliphatic heterocycles. The third-order valence-corrected chi connectivity index (χ3v) is 5.53. The molecule has 1 saturated heterocycles. The van der Waals surface area contributed by atoms with Gasteiger partial charge in [0.05, 0.1) is 4.92 Å². The van der Waals surface area contributed by atoms with Gasteiger partial charge < -0.3 is 10.2 Å². The lowest BCUT2D eigenvalue weighted by Gasteiger charge is -2.35. The highest BCUT2D eigenvalue weighted by Crippen LogP contribution is 2.32. The molecule has 31 heavy (non-hydrogen) atoms. The molecular weight excluding hydrogens is 416 g/mol. The molecule has 0 saturated carbocycles. The highest BCUT2D eigenvalue weighted by molar-refractivity contribution is 6.30. The number of hydrogen-bond donors (Lipinski definition) is 1. The van der Waals surface area contributed by atoms with Crippen LogP contribution in [0.5, 0.6) is 0 Å². The zero-order valence-electron chi connectivity index (χ0n) is 16.9. The maximum Gasteiger partial charge on any atom is 0.353 e. The van der Waals surface area contributed by atoms with Crippen molar-refractivity contribution in [2.75, 3.05) is 36.4 Å². The summed E-state index contributed by atoms with van der Waals surface area (Å²) in [4.78, 5) is 24.2. The molecule has 0 unspecified atom stereocenters. The summed E-state index contributed by atoms with van der Waals surface area (Å²) in [7, 11) is 0. The van der Waals surface area contributed by atoms with Crippen molar-refractivity contribution in [3.05, 3.63) is 87.2 Å². The van der Waals surface area contributed by atoms with Crippen molar-refractivity contribution in [2.45, 2.75) is 13.1 Å². The summed E-state index contributed by atoms with van der Waals surface area (Å²) in [6.45, 7) is 4.23. The van der Waals surface area contributed by atoms with Gasteiger partial charge in [-0.15, -0.1) is 0 Å². The number of nitro groups is 1. The molecule has 1 aromatic heterocycles.